The first-order chi connectivity index (χ1) is 13.0. The van der Waals surface area contributed by atoms with E-state index in [1.807, 2.05) is 0 Å². The lowest BCUT2D eigenvalue weighted by molar-refractivity contribution is -0.383. The van der Waals surface area contributed by atoms with Crippen molar-refractivity contribution in [2.24, 2.45) is 0 Å². The maximum Gasteiger partial charge on any atom is 0.292 e. The highest BCUT2D eigenvalue weighted by molar-refractivity contribution is 8.26. The fraction of sp³-hybridized carbons (Fsp3) is 0.118. The number of thiocarbonyl (C=S) groups is 1. The lowest BCUT2D eigenvalue weighted by Crippen LogP contribution is -2.31. The van der Waals surface area contributed by atoms with Gasteiger partial charge in [-0.05, 0) is 18.2 Å². The lowest BCUT2D eigenvalue weighted by Gasteiger charge is -2.14. The fourth-order valence-corrected chi connectivity index (χ4v) is 3.65. The smallest absolute Gasteiger partial charge is 0.292 e. The van der Waals surface area contributed by atoms with E-state index in [9.17, 15) is 19.7 Å². The normalized spacial score (nSPS) is 15.4. The molecular weight excluding hydrogens is 390 g/mol. The maximum atomic E-state index is 12.4. The second-order valence-corrected chi connectivity index (χ2v) is 7.10. The van der Waals surface area contributed by atoms with Gasteiger partial charge in [0.25, 0.3) is 11.6 Å². The van der Waals surface area contributed by atoms with Crippen LogP contribution in [-0.2, 0) is 9.59 Å². The molecule has 0 aliphatic carbocycles. The van der Waals surface area contributed by atoms with Crippen molar-refractivity contribution in [3.8, 4) is 0 Å². The van der Waals surface area contributed by atoms with Crippen LogP contribution in [0.3, 0.4) is 0 Å². The minimum Gasteiger partial charge on any atom is -0.465 e. The Morgan fingerprint density at radius 3 is 2.81 bits per heavy atom. The van der Waals surface area contributed by atoms with Crippen molar-refractivity contribution < 1.29 is 18.9 Å². The molecule has 1 fully saturated rings. The molecular formula is C17H13N3O5S2. The molecule has 2 amide bonds. The number of rotatable bonds is 6. The van der Waals surface area contributed by atoms with Crippen LogP contribution in [0.4, 0.5) is 11.4 Å². The molecule has 1 saturated heterocycles. The Morgan fingerprint density at radius 1 is 1.33 bits per heavy atom. The molecule has 1 N–H and O–H groups in total. The predicted molar refractivity (Wildman–Crippen MR) is 105 cm³/mol. The van der Waals surface area contributed by atoms with Crippen molar-refractivity contribution in [3.63, 3.8) is 0 Å². The average Bonchev–Trinajstić information content (AvgIpc) is 3.23. The number of anilines is 1. The van der Waals surface area contributed by atoms with Gasteiger partial charge in [0, 0.05) is 25.1 Å². The highest BCUT2D eigenvalue weighted by Crippen LogP contribution is 2.32. The number of thioether (sulfide) groups is 1. The van der Waals surface area contributed by atoms with Crippen LogP contribution >= 0.6 is 24.0 Å². The summed E-state index contributed by atoms with van der Waals surface area (Å²) in [4.78, 5) is 36.7. The minimum absolute atomic E-state index is 0.0491. The number of amides is 2. The number of nitrogens with one attached hydrogen (secondary N) is 1. The molecule has 1 aromatic carbocycles. The summed E-state index contributed by atoms with van der Waals surface area (Å²) in [6, 6.07) is 9.27. The molecule has 0 spiro atoms. The Balaban J connectivity index is 1.61. The van der Waals surface area contributed by atoms with Crippen molar-refractivity contribution in [1.29, 1.82) is 0 Å². The van der Waals surface area contributed by atoms with E-state index in [0.717, 1.165) is 11.8 Å². The molecule has 138 valence electrons. The largest absolute Gasteiger partial charge is 0.465 e. The molecule has 0 radical (unpaired) electrons. The number of carbonyl (C=O) groups is 2. The number of furan rings is 1. The SMILES string of the molecule is O=C(CCN1C(=O)/C(=C\c2ccco2)SC1=S)Nc1ccccc1[N+](=O)[O-]. The zero-order chi connectivity index (χ0) is 19.4. The van der Waals surface area contributed by atoms with Crippen molar-refractivity contribution in [1.82, 2.24) is 4.90 Å². The lowest BCUT2D eigenvalue weighted by atomic mass is 10.2. The fourth-order valence-electron chi connectivity index (χ4n) is 2.36. The van der Waals surface area contributed by atoms with Crippen LogP contribution in [0.1, 0.15) is 12.2 Å². The number of nitro benzene ring substituents is 1. The molecule has 0 bridgehead atoms. The summed E-state index contributed by atoms with van der Waals surface area (Å²) in [6.45, 7) is 0.0760. The molecule has 27 heavy (non-hydrogen) atoms. The molecule has 0 atom stereocenters. The van der Waals surface area contributed by atoms with Gasteiger partial charge in [-0.2, -0.15) is 0 Å². The molecule has 1 aromatic heterocycles. The highest BCUT2D eigenvalue weighted by Gasteiger charge is 2.32. The van der Waals surface area contributed by atoms with Gasteiger partial charge in [0.1, 0.15) is 15.8 Å². The van der Waals surface area contributed by atoms with E-state index in [2.05, 4.69) is 5.32 Å². The molecule has 0 saturated carbocycles. The Bertz CT molecular complexity index is 940. The van der Waals surface area contributed by atoms with E-state index in [-0.39, 0.29) is 30.2 Å². The zero-order valence-electron chi connectivity index (χ0n) is 13.8. The number of para-hydroxylation sites is 2. The molecule has 1 aliphatic rings. The maximum absolute atomic E-state index is 12.4. The number of nitro groups is 1. The number of hydrogen-bond donors (Lipinski definition) is 1. The Hall–Kier alpha value is -2.98. The monoisotopic (exact) mass is 403 g/mol. The van der Waals surface area contributed by atoms with E-state index >= 15 is 0 Å². The minimum atomic E-state index is -0.572. The van der Waals surface area contributed by atoms with E-state index in [1.54, 1.807) is 24.3 Å². The summed E-state index contributed by atoms with van der Waals surface area (Å²) in [5.74, 6) is -0.224. The third kappa shape index (κ3) is 4.41. The van der Waals surface area contributed by atoms with Crippen molar-refractivity contribution in [3.05, 3.63) is 63.4 Å². The third-order valence-electron chi connectivity index (χ3n) is 3.63. The second kappa shape index (κ2) is 8.14. The molecule has 0 unspecified atom stereocenters. The summed E-state index contributed by atoms with van der Waals surface area (Å²) < 4.78 is 5.53. The van der Waals surface area contributed by atoms with Gasteiger partial charge in [-0.3, -0.25) is 24.6 Å². The van der Waals surface area contributed by atoms with Crippen molar-refractivity contribution in [2.45, 2.75) is 6.42 Å². The Kier molecular flexibility index (Phi) is 5.67. The molecule has 2 heterocycles. The standard InChI is InChI=1S/C17H13N3O5S2/c21-15(18-12-5-1-2-6-13(12)20(23)24)7-8-19-16(22)14(27-17(19)26)10-11-4-3-9-25-11/h1-6,9-10H,7-8H2,(H,18,21)/b14-10+. The van der Waals surface area contributed by atoms with Crippen LogP contribution in [0.5, 0.6) is 0 Å². The summed E-state index contributed by atoms with van der Waals surface area (Å²) in [6.07, 6.45) is 3.04. The van der Waals surface area contributed by atoms with Gasteiger partial charge in [-0.25, -0.2) is 0 Å². The highest BCUT2D eigenvalue weighted by atomic mass is 32.2. The van der Waals surface area contributed by atoms with E-state index in [1.165, 1.54) is 29.4 Å². The Morgan fingerprint density at radius 2 is 2.11 bits per heavy atom. The van der Waals surface area contributed by atoms with Crippen LogP contribution in [-0.4, -0.2) is 32.5 Å². The number of benzene rings is 1. The molecule has 3 rings (SSSR count). The Labute approximate surface area is 163 Å². The molecule has 10 heteroatoms. The molecule has 1 aliphatic heterocycles. The third-order valence-corrected chi connectivity index (χ3v) is 5.01. The van der Waals surface area contributed by atoms with Crippen molar-refractivity contribution in [2.75, 3.05) is 11.9 Å². The van der Waals surface area contributed by atoms with Gasteiger partial charge < -0.3 is 9.73 Å². The van der Waals surface area contributed by atoms with Gasteiger partial charge in [0.05, 0.1) is 16.1 Å². The van der Waals surface area contributed by atoms with E-state index in [0.29, 0.717) is 15.0 Å². The quantitative estimate of drug-likeness (QED) is 0.341. The second-order valence-electron chi connectivity index (χ2n) is 5.42. The van der Waals surface area contributed by atoms with E-state index in [4.69, 9.17) is 16.6 Å². The van der Waals surface area contributed by atoms with E-state index < -0.39 is 10.8 Å². The van der Waals surface area contributed by atoms with Crippen LogP contribution < -0.4 is 5.32 Å². The number of carbonyl (C=O) groups excluding carboxylic acids is 2. The molecule has 8 nitrogen and oxygen atoms in total. The summed E-state index contributed by atoms with van der Waals surface area (Å²) in [7, 11) is 0. The zero-order valence-corrected chi connectivity index (χ0v) is 15.4. The van der Waals surface area contributed by atoms with Gasteiger partial charge >= 0.3 is 0 Å². The number of nitrogens with zero attached hydrogens (tertiary/aromatic N) is 2. The van der Waals surface area contributed by atoms with Crippen molar-refractivity contribution >= 4 is 57.6 Å². The van der Waals surface area contributed by atoms with Crippen LogP contribution in [0.15, 0.2) is 52.0 Å². The average molecular weight is 403 g/mol. The molecule has 2 aromatic rings. The van der Waals surface area contributed by atoms with Crippen LogP contribution in [0.2, 0.25) is 0 Å². The topological polar surface area (TPSA) is 106 Å². The van der Waals surface area contributed by atoms with Crippen LogP contribution in [0.25, 0.3) is 6.08 Å². The summed E-state index contributed by atoms with van der Waals surface area (Å²) >= 11 is 6.33. The first kappa shape index (κ1) is 18.8. The summed E-state index contributed by atoms with van der Waals surface area (Å²) in [5, 5.41) is 13.5. The predicted octanol–water partition coefficient (Wildman–Crippen LogP) is 3.42. The van der Waals surface area contributed by atoms with Crippen LogP contribution in [0, 0.1) is 10.1 Å². The van der Waals surface area contributed by atoms with Gasteiger partial charge in [-0.15, -0.1) is 0 Å². The first-order valence-corrected chi connectivity index (χ1v) is 9.00. The first-order valence-electron chi connectivity index (χ1n) is 7.78. The summed E-state index contributed by atoms with van der Waals surface area (Å²) in [5.41, 5.74) is -0.0894. The van der Waals surface area contributed by atoms with Gasteiger partial charge in [0.15, 0.2) is 0 Å². The number of hydrogen-bond acceptors (Lipinski definition) is 7. The van der Waals surface area contributed by atoms with Gasteiger partial charge in [-0.1, -0.05) is 36.1 Å². The van der Waals surface area contributed by atoms with Gasteiger partial charge in [0.2, 0.25) is 5.91 Å².